The van der Waals surface area contributed by atoms with Gasteiger partial charge in [-0.15, -0.1) is 0 Å². The summed E-state index contributed by atoms with van der Waals surface area (Å²) in [4.78, 5) is 23.3. The Kier molecular flexibility index (Phi) is 5.73. The van der Waals surface area contributed by atoms with Gasteiger partial charge in [-0.05, 0) is 36.4 Å². The Hall–Kier alpha value is -2.49. The molecule has 0 aliphatic carbocycles. The van der Waals surface area contributed by atoms with Gasteiger partial charge >= 0.3 is 5.97 Å². The highest BCUT2D eigenvalue weighted by atomic mass is 35.5. The second kappa shape index (κ2) is 7.60. The van der Waals surface area contributed by atoms with Crippen LogP contribution in [0.1, 0.15) is 10.4 Å². The fourth-order valence-corrected chi connectivity index (χ4v) is 2.53. The molecule has 0 heterocycles. The molecule has 1 amide bonds. The summed E-state index contributed by atoms with van der Waals surface area (Å²) in [6.07, 6.45) is 0. The number of amides is 1. The van der Waals surface area contributed by atoms with Crippen LogP contribution in [0.5, 0.6) is 0 Å². The van der Waals surface area contributed by atoms with Crippen molar-refractivity contribution in [3.05, 3.63) is 58.9 Å². The Morgan fingerprint density at radius 2 is 1.92 bits per heavy atom. The first kappa shape index (κ1) is 18.8. The summed E-state index contributed by atoms with van der Waals surface area (Å²) in [6, 6.07) is 8.59. The van der Waals surface area contributed by atoms with Gasteiger partial charge in [0.05, 0.1) is 10.5 Å². The molecule has 7 nitrogen and oxygen atoms in total. The van der Waals surface area contributed by atoms with Crippen LogP contribution in [-0.2, 0) is 19.6 Å². The molecule has 0 aromatic heterocycles. The number of nitrogens with two attached hydrogens (primary N) is 1. The Bertz CT molecular complexity index is 933. The molecule has 2 aromatic rings. The molecule has 3 N–H and O–H groups in total. The lowest BCUT2D eigenvalue weighted by atomic mass is 10.2. The summed E-state index contributed by atoms with van der Waals surface area (Å²) in [6.45, 7) is -0.694. The van der Waals surface area contributed by atoms with Crippen molar-refractivity contribution in [2.75, 3.05) is 11.9 Å². The number of carbonyl (C=O) groups is 2. The summed E-state index contributed by atoms with van der Waals surface area (Å²) >= 11 is 5.58. The average Bonchev–Trinajstić information content (AvgIpc) is 2.52. The number of carbonyl (C=O) groups excluding carboxylic acids is 2. The van der Waals surface area contributed by atoms with Gasteiger partial charge in [-0.1, -0.05) is 17.7 Å². The quantitative estimate of drug-likeness (QED) is 0.761. The molecule has 0 bridgehead atoms. The molecule has 0 aliphatic rings. The van der Waals surface area contributed by atoms with Crippen molar-refractivity contribution in [2.45, 2.75) is 4.90 Å². The van der Waals surface area contributed by atoms with Crippen LogP contribution in [0.15, 0.2) is 47.4 Å². The van der Waals surface area contributed by atoms with E-state index < -0.39 is 34.3 Å². The molecule has 0 saturated carbocycles. The normalized spacial score (nSPS) is 11.0. The first-order chi connectivity index (χ1) is 11.7. The van der Waals surface area contributed by atoms with Gasteiger partial charge in [-0.3, -0.25) is 4.79 Å². The zero-order valence-corrected chi connectivity index (χ0v) is 14.1. The lowest BCUT2D eigenvalue weighted by Gasteiger charge is -2.08. The first-order valence-corrected chi connectivity index (χ1v) is 8.64. The number of benzene rings is 2. The number of nitrogens with one attached hydrogen (secondary N) is 1. The number of anilines is 1. The molecule has 0 unspecified atom stereocenters. The lowest BCUT2D eigenvalue weighted by molar-refractivity contribution is -0.119. The van der Waals surface area contributed by atoms with Gasteiger partial charge in [0.15, 0.2) is 6.61 Å². The van der Waals surface area contributed by atoms with Gasteiger partial charge in [-0.2, -0.15) is 0 Å². The minimum atomic E-state index is -3.92. The molecule has 132 valence electrons. The second-order valence-corrected chi connectivity index (χ2v) is 6.82. The van der Waals surface area contributed by atoms with E-state index in [9.17, 15) is 22.4 Å². The number of hydrogen-bond donors (Lipinski definition) is 2. The van der Waals surface area contributed by atoms with Crippen molar-refractivity contribution < 1.29 is 27.1 Å². The predicted octanol–water partition coefficient (Wildman–Crippen LogP) is 1.92. The number of ether oxygens (including phenoxy) is 1. The summed E-state index contributed by atoms with van der Waals surface area (Å²) in [5, 5.41) is 7.44. The van der Waals surface area contributed by atoms with Crippen LogP contribution < -0.4 is 10.5 Å². The third-order valence-corrected chi connectivity index (χ3v) is 4.08. The predicted molar refractivity (Wildman–Crippen MR) is 88.1 cm³/mol. The molecular weight excluding hydrogens is 375 g/mol. The molecule has 0 fully saturated rings. The monoisotopic (exact) mass is 386 g/mol. The van der Waals surface area contributed by atoms with Crippen LogP contribution in [0.2, 0.25) is 5.02 Å². The average molecular weight is 387 g/mol. The fourth-order valence-electron chi connectivity index (χ4n) is 1.81. The third-order valence-electron chi connectivity index (χ3n) is 2.93. The van der Waals surface area contributed by atoms with Crippen LogP contribution in [0.4, 0.5) is 10.1 Å². The SMILES string of the molecule is NS(=O)(=O)c1cccc(NC(=O)COC(=O)c2ccc(Cl)cc2F)c1. The molecule has 2 aromatic carbocycles. The highest BCUT2D eigenvalue weighted by molar-refractivity contribution is 7.89. The van der Waals surface area contributed by atoms with E-state index >= 15 is 0 Å². The third kappa shape index (κ3) is 5.24. The molecule has 2 rings (SSSR count). The van der Waals surface area contributed by atoms with Crippen LogP contribution in [-0.4, -0.2) is 26.9 Å². The highest BCUT2D eigenvalue weighted by Crippen LogP contribution is 2.16. The smallest absolute Gasteiger partial charge is 0.341 e. The van der Waals surface area contributed by atoms with E-state index in [4.69, 9.17) is 21.5 Å². The van der Waals surface area contributed by atoms with Gasteiger partial charge < -0.3 is 10.1 Å². The number of sulfonamides is 1. The number of halogens is 2. The van der Waals surface area contributed by atoms with Crippen molar-refractivity contribution in [1.29, 1.82) is 0 Å². The molecule has 0 aliphatic heterocycles. The highest BCUT2D eigenvalue weighted by Gasteiger charge is 2.15. The first-order valence-electron chi connectivity index (χ1n) is 6.72. The lowest BCUT2D eigenvalue weighted by Crippen LogP contribution is -2.21. The standard InChI is InChI=1S/C15H12ClFN2O5S/c16-9-4-5-12(13(17)6-9)15(21)24-8-14(20)19-10-2-1-3-11(7-10)25(18,22)23/h1-7H,8H2,(H,19,20)(H2,18,22,23). The van der Waals surface area contributed by atoms with E-state index in [0.717, 1.165) is 18.2 Å². The maximum Gasteiger partial charge on any atom is 0.341 e. The number of hydrogen-bond acceptors (Lipinski definition) is 5. The van der Waals surface area contributed by atoms with E-state index in [1.807, 2.05) is 0 Å². The maximum atomic E-state index is 13.6. The van der Waals surface area contributed by atoms with E-state index in [1.54, 1.807) is 0 Å². The molecule has 0 radical (unpaired) electrons. The topological polar surface area (TPSA) is 116 Å². The van der Waals surface area contributed by atoms with Crippen molar-refractivity contribution in [3.8, 4) is 0 Å². The summed E-state index contributed by atoms with van der Waals surface area (Å²) < 4.78 is 40.8. The molecule has 0 spiro atoms. The molecule has 0 atom stereocenters. The van der Waals surface area contributed by atoms with E-state index in [1.165, 1.54) is 24.3 Å². The van der Waals surface area contributed by atoms with Gasteiger partial charge in [-0.25, -0.2) is 22.7 Å². The van der Waals surface area contributed by atoms with Crippen LogP contribution in [0, 0.1) is 5.82 Å². The maximum absolute atomic E-state index is 13.6. The van der Waals surface area contributed by atoms with Crippen molar-refractivity contribution >= 4 is 39.2 Å². The van der Waals surface area contributed by atoms with Crippen molar-refractivity contribution in [1.82, 2.24) is 0 Å². The number of esters is 1. The van der Waals surface area contributed by atoms with Crippen molar-refractivity contribution in [3.63, 3.8) is 0 Å². The van der Waals surface area contributed by atoms with E-state index in [-0.39, 0.29) is 21.2 Å². The van der Waals surface area contributed by atoms with Gasteiger partial charge in [0, 0.05) is 10.7 Å². The summed E-state index contributed by atoms with van der Waals surface area (Å²) in [5.74, 6) is -2.66. The molecule has 10 heteroatoms. The van der Waals surface area contributed by atoms with Gasteiger partial charge in [0.1, 0.15) is 5.82 Å². The van der Waals surface area contributed by atoms with Crippen LogP contribution >= 0.6 is 11.6 Å². The minimum absolute atomic E-state index is 0.113. The Morgan fingerprint density at radius 1 is 1.20 bits per heavy atom. The molecule has 25 heavy (non-hydrogen) atoms. The molecule has 0 saturated heterocycles. The Morgan fingerprint density at radius 3 is 2.56 bits per heavy atom. The zero-order chi connectivity index (χ0) is 18.6. The number of rotatable bonds is 5. The molecular formula is C15H12ClFN2O5S. The van der Waals surface area contributed by atoms with E-state index in [2.05, 4.69) is 5.32 Å². The zero-order valence-electron chi connectivity index (χ0n) is 12.5. The number of primary sulfonamides is 1. The summed E-state index contributed by atoms with van der Waals surface area (Å²) in [7, 11) is -3.92. The van der Waals surface area contributed by atoms with Crippen LogP contribution in [0.3, 0.4) is 0 Å². The Labute approximate surface area is 147 Å². The Balaban J connectivity index is 1.98. The fraction of sp³-hybridized carbons (Fsp3) is 0.0667. The van der Waals surface area contributed by atoms with Gasteiger partial charge in [0.25, 0.3) is 5.91 Å². The van der Waals surface area contributed by atoms with Gasteiger partial charge in [0.2, 0.25) is 10.0 Å². The summed E-state index contributed by atoms with van der Waals surface area (Å²) in [5.41, 5.74) is -0.223. The second-order valence-electron chi connectivity index (χ2n) is 4.82. The largest absolute Gasteiger partial charge is 0.452 e. The van der Waals surface area contributed by atoms with Crippen LogP contribution in [0.25, 0.3) is 0 Å². The minimum Gasteiger partial charge on any atom is -0.452 e. The van der Waals surface area contributed by atoms with E-state index in [0.29, 0.717) is 0 Å². The van der Waals surface area contributed by atoms with Crippen molar-refractivity contribution in [2.24, 2.45) is 5.14 Å².